The van der Waals surface area contributed by atoms with E-state index >= 15 is 0 Å². The van der Waals surface area contributed by atoms with Crippen molar-refractivity contribution in [2.45, 2.75) is 73.1 Å². The number of hydrogen-bond donors (Lipinski definition) is 0. The van der Waals surface area contributed by atoms with Crippen molar-refractivity contribution < 1.29 is 0 Å². The summed E-state index contributed by atoms with van der Waals surface area (Å²) in [5, 5.41) is 0. The van der Waals surface area contributed by atoms with Crippen LogP contribution in [-0.4, -0.2) is 0 Å². The van der Waals surface area contributed by atoms with Gasteiger partial charge in [-0.25, -0.2) is 0 Å². The summed E-state index contributed by atoms with van der Waals surface area (Å²) in [7, 11) is 0. The van der Waals surface area contributed by atoms with E-state index in [-0.39, 0.29) is 0 Å². The molecule has 0 aliphatic rings. The highest BCUT2D eigenvalue weighted by atomic mass is 14.0. The van der Waals surface area contributed by atoms with Gasteiger partial charge in [0, 0.05) is 0 Å². The van der Waals surface area contributed by atoms with Crippen LogP contribution in [0.25, 0.3) is 0 Å². The van der Waals surface area contributed by atoms with Crippen LogP contribution in [-0.2, 0) is 0 Å². The molecular formula is C17H30. The van der Waals surface area contributed by atoms with E-state index in [9.17, 15) is 0 Å². The molecule has 0 amide bonds. The highest BCUT2D eigenvalue weighted by Crippen LogP contribution is 2.11. The van der Waals surface area contributed by atoms with E-state index in [0.29, 0.717) is 0 Å². The van der Waals surface area contributed by atoms with Gasteiger partial charge in [0.25, 0.3) is 0 Å². The summed E-state index contributed by atoms with van der Waals surface area (Å²) in [5.74, 6) is 0. The number of hydrogen-bond acceptors (Lipinski definition) is 0. The standard InChI is InChI=1S/C17H30/c1-6-7-11-16(4)13-9-14-17(5)12-8-10-15(2)3/h10-11,14H,6-9,12-13H2,1-5H3/b16-11+,17-14+. The van der Waals surface area contributed by atoms with E-state index in [1.165, 1.54) is 49.7 Å². The van der Waals surface area contributed by atoms with Crippen molar-refractivity contribution >= 4 is 0 Å². The summed E-state index contributed by atoms with van der Waals surface area (Å²) in [6.45, 7) is 11.1. The van der Waals surface area contributed by atoms with E-state index in [2.05, 4.69) is 52.8 Å². The zero-order valence-electron chi connectivity index (χ0n) is 12.5. The Labute approximate surface area is 109 Å². The third kappa shape index (κ3) is 11.5. The molecule has 0 aliphatic carbocycles. The number of unbranched alkanes of at least 4 members (excludes halogenated alkanes) is 1. The second-order valence-electron chi connectivity index (χ2n) is 5.25. The maximum Gasteiger partial charge on any atom is -0.0288 e. The zero-order chi connectivity index (χ0) is 13.1. The minimum atomic E-state index is 1.19. The van der Waals surface area contributed by atoms with Crippen LogP contribution in [0.3, 0.4) is 0 Å². The van der Waals surface area contributed by atoms with Crippen LogP contribution in [0.1, 0.15) is 73.1 Å². The van der Waals surface area contributed by atoms with Crippen molar-refractivity contribution in [3.63, 3.8) is 0 Å². The molecule has 0 bridgehead atoms. The Kier molecular flexibility index (Phi) is 9.90. The van der Waals surface area contributed by atoms with Gasteiger partial charge in [0.15, 0.2) is 0 Å². The second-order valence-corrected chi connectivity index (χ2v) is 5.25. The van der Waals surface area contributed by atoms with Crippen LogP contribution in [0.15, 0.2) is 34.9 Å². The first-order chi connectivity index (χ1) is 8.06. The summed E-state index contributed by atoms with van der Waals surface area (Å²) < 4.78 is 0. The third-order valence-electron chi connectivity index (χ3n) is 2.90. The lowest BCUT2D eigenvalue weighted by Gasteiger charge is -2.01. The van der Waals surface area contributed by atoms with Crippen molar-refractivity contribution in [2.24, 2.45) is 0 Å². The monoisotopic (exact) mass is 234 g/mol. The average Bonchev–Trinajstić information content (AvgIpc) is 2.25. The van der Waals surface area contributed by atoms with Crippen LogP contribution in [0.4, 0.5) is 0 Å². The average molecular weight is 234 g/mol. The maximum atomic E-state index is 2.40. The van der Waals surface area contributed by atoms with Gasteiger partial charge in [0.05, 0.1) is 0 Å². The van der Waals surface area contributed by atoms with Crippen molar-refractivity contribution in [1.29, 1.82) is 0 Å². The van der Waals surface area contributed by atoms with Gasteiger partial charge in [-0.15, -0.1) is 0 Å². The summed E-state index contributed by atoms with van der Waals surface area (Å²) in [4.78, 5) is 0. The minimum absolute atomic E-state index is 1.19. The minimum Gasteiger partial charge on any atom is -0.0856 e. The lowest BCUT2D eigenvalue weighted by molar-refractivity contribution is 0.894. The molecule has 0 aromatic carbocycles. The van der Waals surface area contributed by atoms with Crippen molar-refractivity contribution in [3.8, 4) is 0 Å². The molecule has 0 aliphatic heterocycles. The van der Waals surface area contributed by atoms with Crippen LogP contribution < -0.4 is 0 Å². The fourth-order valence-corrected chi connectivity index (χ4v) is 1.73. The van der Waals surface area contributed by atoms with E-state index in [1.54, 1.807) is 5.57 Å². The first kappa shape index (κ1) is 16.2. The molecular weight excluding hydrogens is 204 g/mol. The quantitative estimate of drug-likeness (QED) is 0.438. The molecule has 0 heterocycles. The molecule has 0 aromatic heterocycles. The Morgan fingerprint density at radius 2 is 1.18 bits per heavy atom. The summed E-state index contributed by atoms with van der Waals surface area (Å²) in [5.41, 5.74) is 4.50. The lowest BCUT2D eigenvalue weighted by atomic mass is 10.1. The highest BCUT2D eigenvalue weighted by molar-refractivity contribution is 5.05. The van der Waals surface area contributed by atoms with Crippen molar-refractivity contribution in [3.05, 3.63) is 34.9 Å². The molecule has 0 aromatic rings. The normalized spacial score (nSPS) is 12.8. The van der Waals surface area contributed by atoms with E-state index in [4.69, 9.17) is 0 Å². The Hall–Kier alpha value is -0.780. The fraction of sp³-hybridized carbons (Fsp3) is 0.647. The fourth-order valence-electron chi connectivity index (χ4n) is 1.73. The molecule has 0 unspecified atom stereocenters. The molecule has 0 spiro atoms. The summed E-state index contributed by atoms with van der Waals surface area (Å²) in [6.07, 6.45) is 14.4. The molecule has 0 saturated heterocycles. The second kappa shape index (κ2) is 10.4. The predicted molar refractivity (Wildman–Crippen MR) is 80.3 cm³/mol. The summed E-state index contributed by atoms with van der Waals surface area (Å²) >= 11 is 0. The van der Waals surface area contributed by atoms with E-state index in [1.807, 2.05) is 0 Å². The molecule has 0 heteroatoms. The first-order valence-corrected chi connectivity index (χ1v) is 7.00. The molecule has 0 fully saturated rings. The summed E-state index contributed by atoms with van der Waals surface area (Å²) in [6, 6.07) is 0. The number of rotatable bonds is 8. The molecule has 0 nitrogen and oxygen atoms in total. The van der Waals surface area contributed by atoms with Gasteiger partial charge in [-0.3, -0.25) is 0 Å². The Morgan fingerprint density at radius 1 is 0.706 bits per heavy atom. The number of allylic oxidation sites excluding steroid dienone is 6. The molecule has 98 valence electrons. The topological polar surface area (TPSA) is 0 Å². The molecule has 0 rings (SSSR count). The largest absolute Gasteiger partial charge is 0.0856 e. The molecule has 0 radical (unpaired) electrons. The Bertz CT molecular complexity index is 272. The van der Waals surface area contributed by atoms with Crippen LogP contribution in [0.2, 0.25) is 0 Å². The van der Waals surface area contributed by atoms with Crippen molar-refractivity contribution in [1.82, 2.24) is 0 Å². The lowest BCUT2D eigenvalue weighted by Crippen LogP contribution is -1.80. The zero-order valence-corrected chi connectivity index (χ0v) is 12.5. The Balaban J connectivity index is 3.80. The first-order valence-electron chi connectivity index (χ1n) is 7.00. The van der Waals surface area contributed by atoms with Crippen LogP contribution in [0.5, 0.6) is 0 Å². The van der Waals surface area contributed by atoms with Gasteiger partial charge in [-0.05, 0) is 59.8 Å². The SMILES string of the molecule is CCC/C=C(\C)CC/C=C(\C)CCC=C(C)C. The van der Waals surface area contributed by atoms with Crippen LogP contribution in [0, 0.1) is 0 Å². The van der Waals surface area contributed by atoms with Gasteiger partial charge < -0.3 is 0 Å². The predicted octanol–water partition coefficient (Wildman–Crippen LogP) is 6.21. The van der Waals surface area contributed by atoms with Gasteiger partial charge in [0.1, 0.15) is 0 Å². The van der Waals surface area contributed by atoms with Gasteiger partial charge in [-0.2, -0.15) is 0 Å². The van der Waals surface area contributed by atoms with E-state index in [0.717, 1.165) is 0 Å². The van der Waals surface area contributed by atoms with Gasteiger partial charge in [0.2, 0.25) is 0 Å². The van der Waals surface area contributed by atoms with Crippen LogP contribution >= 0.6 is 0 Å². The molecule has 0 atom stereocenters. The highest BCUT2D eigenvalue weighted by Gasteiger charge is 1.91. The Morgan fingerprint density at radius 3 is 1.65 bits per heavy atom. The van der Waals surface area contributed by atoms with E-state index < -0.39 is 0 Å². The smallest absolute Gasteiger partial charge is 0.0288 e. The molecule has 0 saturated carbocycles. The third-order valence-corrected chi connectivity index (χ3v) is 2.90. The van der Waals surface area contributed by atoms with Crippen molar-refractivity contribution in [2.75, 3.05) is 0 Å². The molecule has 0 N–H and O–H groups in total. The molecule has 17 heavy (non-hydrogen) atoms. The maximum absolute atomic E-state index is 2.40. The van der Waals surface area contributed by atoms with Gasteiger partial charge in [-0.1, -0.05) is 48.3 Å². The van der Waals surface area contributed by atoms with Gasteiger partial charge >= 0.3 is 0 Å².